The summed E-state index contributed by atoms with van der Waals surface area (Å²) in [5.74, 6) is 1.07. The second-order valence-electron chi connectivity index (χ2n) is 3.98. The van der Waals surface area contributed by atoms with E-state index in [2.05, 4.69) is 20.0 Å². The molecule has 1 fully saturated rings. The number of aromatic nitrogens is 4. The van der Waals surface area contributed by atoms with Crippen molar-refractivity contribution in [3.8, 4) is 0 Å². The second-order valence-corrected chi connectivity index (χ2v) is 3.98. The molecule has 0 saturated carbocycles. The van der Waals surface area contributed by atoms with Crippen molar-refractivity contribution >= 4 is 17.4 Å². The van der Waals surface area contributed by atoms with Gasteiger partial charge in [0.25, 0.3) is 0 Å². The predicted octanol–water partition coefficient (Wildman–Crippen LogP) is -0.756. The average Bonchev–Trinajstić information content (AvgIpc) is 2.82. The van der Waals surface area contributed by atoms with Gasteiger partial charge in [0.2, 0.25) is 5.95 Å². The molecule has 1 saturated heterocycles. The second kappa shape index (κ2) is 3.31. The summed E-state index contributed by atoms with van der Waals surface area (Å²) in [7, 11) is 0. The van der Waals surface area contributed by atoms with Gasteiger partial charge >= 0.3 is 0 Å². The largest absolute Gasteiger partial charge is 0.366 e. The molecule has 0 aromatic carbocycles. The molecule has 1 aliphatic rings. The lowest BCUT2D eigenvalue weighted by Gasteiger charge is -2.16. The van der Waals surface area contributed by atoms with E-state index in [9.17, 15) is 0 Å². The maximum absolute atomic E-state index is 5.87. The Kier molecular flexibility index (Phi) is 1.93. The molecular weight excluding hydrogens is 206 g/mol. The quantitative estimate of drug-likeness (QED) is 0.654. The van der Waals surface area contributed by atoms with Crippen molar-refractivity contribution in [2.24, 2.45) is 5.73 Å². The van der Waals surface area contributed by atoms with Crippen LogP contribution in [0.5, 0.6) is 0 Å². The molecule has 7 heteroatoms. The highest BCUT2D eigenvalue weighted by Gasteiger charge is 2.23. The van der Waals surface area contributed by atoms with Crippen molar-refractivity contribution in [1.82, 2.24) is 19.6 Å². The Morgan fingerprint density at radius 2 is 2.31 bits per heavy atom. The molecule has 0 bridgehead atoms. The zero-order chi connectivity index (χ0) is 11.1. The van der Waals surface area contributed by atoms with E-state index in [1.165, 1.54) is 0 Å². The van der Waals surface area contributed by atoms with Gasteiger partial charge in [0.05, 0.1) is 0 Å². The Balaban J connectivity index is 2.09. The van der Waals surface area contributed by atoms with E-state index in [1.54, 1.807) is 16.9 Å². The molecule has 16 heavy (non-hydrogen) atoms. The van der Waals surface area contributed by atoms with Gasteiger partial charge in [-0.2, -0.15) is 4.98 Å². The standard InChI is InChI=1S/C9H13N7/c10-6-1-3-15(5-6)7-8-13-9(11)14-16(8)4-2-12-7/h2,4,6H,1,3,5,10H2,(H2,11,14)/t6-/m1/s1. The van der Waals surface area contributed by atoms with E-state index in [0.717, 1.165) is 25.3 Å². The first-order chi connectivity index (χ1) is 7.74. The van der Waals surface area contributed by atoms with Gasteiger partial charge in [-0.05, 0) is 6.42 Å². The van der Waals surface area contributed by atoms with E-state index in [4.69, 9.17) is 11.5 Å². The fraction of sp³-hybridized carbons (Fsp3) is 0.444. The molecule has 0 amide bonds. The summed E-state index contributed by atoms with van der Waals surface area (Å²) in [4.78, 5) is 10.6. The normalized spacial score (nSPS) is 20.8. The van der Waals surface area contributed by atoms with Crippen molar-refractivity contribution in [2.45, 2.75) is 12.5 Å². The van der Waals surface area contributed by atoms with Crippen LogP contribution in [0, 0.1) is 0 Å². The number of hydrogen-bond donors (Lipinski definition) is 2. The first-order valence-electron chi connectivity index (χ1n) is 5.21. The zero-order valence-electron chi connectivity index (χ0n) is 8.74. The predicted molar refractivity (Wildman–Crippen MR) is 60.0 cm³/mol. The maximum Gasteiger partial charge on any atom is 0.240 e. The van der Waals surface area contributed by atoms with Gasteiger partial charge in [-0.3, -0.25) is 0 Å². The summed E-state index contributed by atoms with van der Waals surface area (Å²) in [5.41, 5.74) is 12.1. The lowest BCUT2D eigenvalue weighted by Crippen LogP contribution is -2.27. The molecule has 0 spiro atoms. The molecule has 7 nitrogen and oxygen atoms in total. The number of anilines is 2. The van der Waals surface area contributed by atoms with Crippen molar-refractivity contribution in [1.29, 1.82) is 0 Å². The zero-order valence-corrected chi connectivity index (χ0v) is 8.74. The third-order valence-electron chi connectivity index (χ3n) is 2.78. The molecule has 2 aromatic heterocycles. The van der Waals surface area contributed by atoms with Crippen molar-refractivity contribution < 1.29 is 0 Å². The minimum absolute atomic E-state index is 0.210. The summed E-state index contributed by atoms with van der Waals surface area (Å²) in [6.45, 7) is 1.71. The van der Waals surface area contributed by atoms with Crippen LogP contribution >= 0.6 is 0 Å². The summed E-state index contributed by atoms with van der Waals surface area (Å²) in [5, 5.41) is 4.05. The van der Waals surface area contributed by atoms with E-state index in [1.807, 2.05) is 0 Å². The van der Waals surface area contributed by atoms with E-state index in [0.29, 0.717) is 5.65 Å². The molecule has 2 aromatic rings. The highest BCUT2D eigenvalue weighted by Crippen LogP contribution is 2.21. The van der Waals surface area contributed by atoms with Gasteiger partial charge in [-0.15, -0.1) is 5.10 Å². The Morgan fingerprint density at radius 3 is 3.06 bits per heavy atom. The molecule has 0 aliphatic carbocycles. The molecule has 84 valence electrons. The number of hydrogen-bond acceptors (Lipinski definition) is 6. The van der Waals surface area contributed by atoms with Crippen LogP contribution in [-0.4, -0.2) is 38.7 Å². The molecular formula is C9H13N7. The fourth-order valence-electron chi connectivity index (χ4n) is 2.02. The lowest BCUT2D eigenvalue weighted by atomic mass is 10.3. The Hall–Kier alpha value is -1.89. The molecule has 0 radical (unpaired) electrons. The van der Waals surface area contributed by atoms with Crippen LogP contribution < -0.4 is 16.4 Å². The number of nitrogens with zero attached hydrogens (tertiary/aromatic N) is 5. The van der Waals surface area contributed by atoms with Gasteiger partial charge < -0.3 is 16.4 Å². The summed E-state index contributed by atoms with van der Waals surface area (Å²) < 4.78 is 1.64. The van der Waals surface area contributed by atoms with E-state index < -0.39 is 0 Å². The van der Waals surface area contributed by atoms with Gasteiger partial charge in [0.1, 0.15) is 0 Å². The van der Waals surface area contributed by atoms with Gasteiger partial charge in [-0.25, -0.2) is 9.50 Å². The fourth-order valence-corrected chi connectivity index (χ4v) is 2.02. The van der Waals surface area contributed by atoms with E-state index in [-0.39, 0.29) is 12.0 Å². The number of nitrogens with two attached hydrogens (primary N) is 2. The van der Waals surface area contributed by atoms with Crippen LogP contribution in [0.4, 0.5) is 11.8 Å². The number of rotatable bonds is 1. The van der Waals surface area contributed by atoms with Gasteiger partial charge in [0, 0.05) is 31.5 Å². The molecule has 1 aliphatic heterocycles. The molecule has 4 N–H and O–H groups in total. The molecule has 0 unspecified atom stereocenters. The highest BCUT2D eigenvalue weighted by atomic mass is 15.4. The van der Waals surface area contributed by atoms with Crippen LogP contribution in [0.2, 0.25) is 0 Å². The third-order valence-corrected chi connectivity index (χ3v) is 2.78. The van der Waals surface area contributed by atoms with Crippen LogP contribution in [0.15, 0.2) is 12.4 Å². The van der Waals surface area contributed by atoms with Crippen molar-refractivity contribution in [2.75, 3.05) is 23.7 Å². The summed E-state index contributed by atoms with van der Waals surface area (Å²) in [6, 6.07) is 0.210. The van der Waals surface area contributed by atoms with Gasteiger partial charge in [0.15, 0.2) is 11.5 Å². The number of fused-ring (bicyclic) bond motifs is 1. The summed E-state index contributed by atoms with van der Waals surface area (Å²) in [6.07, 6.45) is 4.41. The van der Waals surface area contributed by atoms with Crippen LogP contribution in [0.3, 0.4) is 0 Å². The van der Waals surface area contributed by atoms with E-state index >= 15 is 0 Å². The smallest absolute Gasteiger partial charge is 0.240 e. The van der Waals surface area contributed by atoms with Crippen LogP contribution in [-0.2, 0) is 0 Å². The first-order valence-corrected chi connectivity index (χ1v) is 5.21. The Labute approximate surface area is 92.1 Å². The van der Waals surface area contributed by atoms with Crippen molar-refractivity contribution in [3.05, 3.63) is 12.4 Å². The molecule has 3 heterocycles. The molecule has 3 rings (SSSR count). The maximum atomic E-state index is 5.87. The Bertz CT molecular complexity index is 520. The van der Waals surface area contributed by atoms with Crippen molar-refractivity contribution in [3.63, 3.8) is 0 Å². The van der Waals surface area contributed by atoms with Crippen LogP contribution in [0.1, 0.15) is 6.42 Å². The topological polar surface area (TPSA) is 98.4 Å². The minimum Gasteiger partial charge on any atom is -0.366 e. The molecule has 1 atom stereocenters. The lowest BCUT2D eigenvalue weighted by molar-refractivity contribution is 0.751. The minimum atomic E-state index is 0.210. The summed E-state index contributed by atoms with van der Waals surface area (Å²) >= 11 is 0. The average molecular weight is 219 g/mol. The Morgan fingerprint density at radius 1 is 1.44 bits per heavy atom. The third kappa shape index (κ3) is 1.36. The van der Waals surface area contributed by atoms with Crippen LogP contribution in [0.25, 0.3) is 5.65 Å². The van der Waals surface area contributed by atoms with Gasteiger partial charge in [-0.1, -0.05) is 0 Å². The number of nitrogen functional groups attached to an aromatic ring is 1. The SMILES string of the molecule is Nc1nc2c(N3CC[C@@H](N)C3)nccn2n1. The highest BCUT2D eigenvalue weighted by molar-refractivity contribution is 5.65. The first kappa shape index (κ1) is 9.34. The monoisotopic (exact) mass is 219 g/mol.